The molecule has 0 spiro atoms. The highest BCUT2D eigenvalue weighted by Crippen LogP contribution is 2.40. The van der Waals surface area contributed by atoms with Crippen molar-refractivity contribution in [2.75, 3.05) is 0 Å². The Bertz CT molecular complexity index is 880. The lowest BCUT2D eigenvalue weighted by atomic mass is 9.71. The molecule has 1 heterocycles. The molecule has 4 atom stereocenters. The summed E-state index contributed by atoms with van der Waals surface area (Å²) in [5.74, 6) is -3.68. The number of rotatable bonds is 4. The van der Waals surface area contributed by atoms with Gasteiger partial charge >= 0.3 is 5.97 Å². The molecule has 0 amide bonds. The Balaban J connectivity index is 2.06. The van der Waals surface area contributed by atoms with Gasteiger partial charge in [-0.15, -0.1) is 0 Å². The van der Waals surface area contributed by atoms with Crippen molar-refractivity contribution in [1.82, 2.24) is 0 Å². The van der Waals surface area contributed by atoms with Crippen LogP contribution in [-0.2, 0) is 9.53 Å². The molecule has 7 heteroatoms. The van der Waals surface area contributed by atoms with Crippen molar-refractivity contribution in [2.24, 2.45) is 0 Å². The molecule has 0 bridgehead atoms. The number of Topliss-reactive ketones (excluding diaryl/α,β-unsaturated/α-hetero) is 2. The van der Waals surface area contributed by atoms with E-state index in [1.54, 1.807) is 24.3 Å². The standard InChI is InChI=1S/C20H17FO6/c1-19(21)18(25)27-15(14(22)12-8-4-2-5-9-12)17(24)20(19,26)16(23)13-10-6-3-7-11-13/h2-11,15,17,24,26H,1H3/t15?,17-,19?,20-/m1/s1. The van der Waals surface area contributed by atoms with Gasteiger partial charge in [-0.1, -0.05) is 60.7 Å². The normalized spacial score (nSPS) is 30.4. The van der Waals surface area contributed by atoms with Gasteiger partial charge in [0.2, 0.25) is 22.8 Å². The fourth-order valence-electron chi connectivity index (χ4n) is 3.06. The summed E-state index contributed by atoms with van der Waals surface area (Å²) in [4.78, 5) is 37.6. The van der Waals surface area contributed by atoms with E-state index >= 15 is 4.39 Å². The van der Waals surface area contributed by atoms with E-state index in [-0.39, 0.29) is 11.1 Å². The first-order valence-electron chi connectivity index (χ1n) is 8.21. The minimum atomic E-state index is -3.26. The third kappa shape index (κ3) is 2.85. The van der Waals surface area contributed by atoms with Gasteiger partial charge in [0.25, 0.3) is 0 Å². The van der Waals surface area contributed by atoms with E-state index in [4.69, 9.17) is 4.74 Å². The van der Waals surface area contributed by atoms with Gasteiger partial charge in [0.15, 0.2) is 6.10 Å². The molecular weight excluding hydrogens is 355 g/mol. The van der Waals surface area contributed by atoms with Gasteiger partial charge in [0, 0.05) is 11.1 Å². The van der Waals surface area contributed by atoms with Crippen LogP contribution in [0.25, 0.3) is 0 Å². The monoisotopic (exact) mass is 372 g/mol. The first-order valence-corrected chi connectivity index (χ1v) is 8.21. The Labute approximate surface area is 154 Å². The van der Waals surface area contributed by atoms with E-state index in [1.165, 1.54) is 36.4 Å². The smallest absolute Gasteiger partial charge is 0.348 e. The molecule has 1 fully saturated rings. The summed E-state index contributed by atoms with van der Waals surface area (Å²) >= 11 is 0. The Morgan fingerprint density at radius 3 is 2.00 bits per heavy atom. The van der Waals surface area contributed by atoms with Crippen LogP contribution in [0, 0.1) is 0 Å². The number of aliphatic hydroxyl groups excluding tert-OH is 1. The van der Waals surface area contributed by atoms with Crippen molar-refractivity contribution in [3.05, 3.63) is 71.8 Å². The Kier molecular flexibility index (Phi) is 4.67. The van der Waals surface area contributed by atoms with Crippen LogP contribution in [-0.4, -0.2) is 51.2 Å². The number of carbonyl (C=O) groups is 3. The predicted octanol–water partition coefficient (Wildman–Crippen LogP) is 1.50. The van der Waals surface area contributed by atoms with Gasteiger partial charge in [-0.3, -0.25) is 9.59 Å². The quantitative estimate of drug-likeness (QED) is 0.623. The average molecular weight is 372 g/mol. The van der Waals surface area contributed by atoms with Crippen molar-refractivity contribution < 1.29 is 33.7 Å². The molecule has 2 unspecified atom stereocenters. The molecule has 140 valence electrons. The number of cyclic esters (lactones) is 1. The van der Waals surface area contributed by atoms with Crippen LogP contribution in [0.4, 0.5) is 4.39 Å². The highest BCUT2D eigenvalue weighted by molar-refractivity contribution is 6.10. The van der Waals surface area contributed by atoms with Gasteiger partial charge in [-0.2, -0.15) is 0 Å². The second-order valence-corrected chi connectivity index (χ2v) is 6.47. The molecule has 2 aromatic carbocycles. The zero-order valence-electron chi connectivity index (χ0n) is 14.3. The van der Waals surface area contributed by atoms with Gasteiger partial charge in [0.05, 0.1) is 0 Å². The highest BCUT2D eigenvalue weighted by Gasteiger charge is 2.70. The first-order chi connectivity index (χ1) is 12.7. The third-order valence-corrected chi connectivity index (χ3v) is 4.75. The number of hydrogen-bond donors (Lipinski definition) is 2. The van der Waals surface area contributed by atoms with Crippen LogP contribution in [0.5, 0.6) is 0 Å². The van der Waals surface area contributed by atoms with E-state index in [1.807, 2.05) is 0 Å². The minimum Gasteiger partial charge on any atom is -0.449 e. The maximum absolute atomic E-state index is 15.1. The molecule has 1 aliphatic heterocycles. The molecule has 6 nitrogen and oxygen atoms in total. The molecule has 0 aliphatic carbocycles. The molecule has 0 saturated carbocycles. The number of halogens is 1. The summed E-state index contributed by atoms with van der Waals surface area (Å²) in [5, 5.41) is 21.5. The maximum atomic E-state index is 15.1. The summed E-state index contributed by atoms with van der Waals surface area (Å²) in [6, 6.07) is 14.7. The summed E-state index contributed by atoms with van der Waals surface area (Å²) in [6.45, 7) is 0.641. The molecule has 0 aromatic heterocycles. The predicted molar refractivity (Wildman–Crippen MR) is 91.9 cm³/mol. The van der Waals surface area contributed by atoms with E-state index in [2.05, 4.69) is 0 Å². The second kappa shape index (κ2) is 6.68. The zero-order valence-corrected chi connectivity index (χ0v) is 14.3. The molecule has 0 radical (unpaired) electrons. The van der Waals surface area contributed by atoms with Crippen molar-refractivity contribution in [2.45, 2.75) is 30.4 Å². The third-order valence-electron chi connectivity index (χ3n) is 4.75. The van der Waals surface area contributed by atoms with Gasteiger partial charge in [-0.25, -0.2) is 9.18 Å². The van der Waals surface area contributed by atoms with E-state index in [0.29, 0.717) is 6.92 Å². The number of ether oxygens (including phenoxy) is 1. The first kappa shape index (κ1) is 18.9. The van der Waals surface area contributed by atoms with Crippen LogP contribution in [0.15, 0.2) is 60.7 Å². The van der Waals surface area contributed by atoms with Crippen molar-refractivity contribution >= 4 is 17.5 Å². The average Bonchev–Trinajstić information content (AvgIpc) is 2.69. The van der Waals surface area contributed by atoms with Crippen molar-refractivity contribution in [1.29, 1.82) is 0 Å². The molecule has 1 saturated heterocycles. The number of ketones is 2. The second-order valence-electron chi connectivity index (χ2n) is 6.47. The van der Waals surface area contributed by atoms with Crippen LogP contribution in [0.3, 0.4) is 0 Å². The molecule has 2 aromatic rings. The number of alkyl halides is 1. The van der Waals surface area contributed by atoms with Crippen LogP contribution < -0.4 is 0 Å². The fourth-order valence-corrected chi connectivity index (χ4v) is 3.06. The number of carbonyl (C=O) groups excluding carboxylic acids is 3. The minimum absolute atomic E-state index is 0.0753. The van der Waals surface area contributed by atoms with Gasteiger partial charge in [-0.05, 0) is 6.92 Å². The van der Waals surface area contributed by atoms with Crippen molar-refractivity contribution in [3.8, 4) is 0 Å². The van der Waals surface area contributed by atoms with Crippen LogP contribution >= 0.6 is 0 Å². The summed E-state index contributed by atoms with van der Waals surface area (Å²) in [6.07, 6.45) is -4.23. The lowest BCUT2D eigenvalue weighted by molar-refractivity contribution is -0.223. The topological polar surface area (TPSA) is 101 Å². The molecular formula is C20H17FO6. The largest absolute Gasteiger partial charge is 0.449 e. The fraction of sp³-hybridized carbons (Fsp3) is 0.250. The molecule has 2 N–H and O–H groups in total. The SMILES string of the molecule is CC1(F)C(=O)OC(C(=O)c2ccccc2)[C@@H](O)[C@]1(O)C(=O)c1ccccc1. The molecule has 3 rings (SSSR count). The number of hydrogen-bond acceptors (Lipinski definition) is 6. The summed E-state index contributed by atoms with van der Waals surface area (Å²) < 4.78 is 19.9. The molecule has 1 aliphatic rings. The van der Waals surface area contributed by atoms with Crippen LogP contribution in [0.2, 0.25) is 0 Å². The highest BCUT2D eigenvalue weighted by atomic mass is 19.1. The Morgan fingerprint density at radius 1 is 1.00 bits per heavy atom. The Hall–Kier alpha value is -2.90. The van der Waals surface area contributed by atoms with Gasteiger partial charge < -0.3 is 14.9 Å². The molecule has 27 heavy (non-hydrogen) atoms. The van der Waals surface area contributed by atoms with E-state index in [0.717, 1.165) is 0 Å². The number of aliphatic hydroxyl groups is 2. The zero-order chi connectivity index (χ0) is 19.8. The lowest BCUT2D eigenvalue weighted by Crippen LogP contribution is -2.74. The van der Waals surface area contributed by atoms with Crippen molar-refractivity contribution in [3.63, 3.8) is 0 Å². The maximum Gasteiger partial charge on any atom is 0.348 e. The van der Waals surface area contributed by atoms with Gasteiger partial charge in [0.1, 0.15) is 6.10 Å². The van der Waals surface area contributed by atoms with E-state index in [9.17, 15) is 24.6 Å². The summed E-state index contributed by atoms with van der Waals surface area (Å²) in [5.41, 5.74) is -6.50. The summed E-state index contributed by atoms with van der Waals surface area (Å²) in [7, 11) is 0. The number of esters is 1. The lowest BCUT2D eigenvalue weighted by Gasteiger charge is -2.45. The van der Waals surface area contributed by atoms with Crippen LogP contribution in [0.1, 0.15) is 27.6 Å². The van der Waals surface area contributed by atoms with E-state index < -0.39 is 41.0 Å². The Morgan fingerprint density at radius 2 is 1.48 bits per heavy atom. The number of benzene rings is 2.